The average molecular weight is 391 g/mol. The molecular weight excluding hydrogens is 374 g/mol. The lowest BCUT2D eigenvalue weighted by molar-refractivity contribution is -0.356. The van der Waals surface area contributed by atoms with E-state index in [9.17, 15) is 19.5 Å². The third-order valence-electron chi connectivity index (χ3n) is 2.07. The highest BCUT2D eigenvalue weighted by Crippen LogP contribution is 2.29. The molecule has 0 aromatic heterocycles. The fourth-order valence-corrected chi connectivity index (χ4v) is 1.56. The molecule has 0 rings (SSSR count). The summed E-state index contributed by atoms with van der Waals surface area (Å²) in [7, 11) is 0. The Balaban J connectivity index is 4.78. The van der Waals surface area contributed by atoms with Crippen molar-refractivity contribution in [2.24, 2.45) is 0 Å². The van der Waals surface area contributed by atoms with Crippen LogP contribution in [0.4, 0.5) is 0 Å². The van der Waals surface area contributed by atoms with Crippen LogP contribution in [0.3, 0.4) is 0 Å². The van der Waals surface area contributed by atoms with Crippen molar-refractivity contribution in [1.82, 2.24) is 10.6 Å². The number of amides is 2. The smallest absolute Gasteiger partial charge is 0.315 e. The van der Waals surface area contributed by atoms with Gasteiger partial charge in [-0.2, -0.15) is 0 Å². The molecule has 1 atom stereocenters. The summed E-state index contributed by atoms with van der Waals surface area (Å²) in [6.07, 6.45) is -1.51. The number of halogens is 3. The van der Waals surface area contributed by atoms with Crippen molar-refractivity contribution in [3.05, 3.63) is 12.0 Å². The highest BCUT2D eigenvalue weighted by Gasteiger charge is 2.35. The van der Waals surface area contributed by atoms with Gasteiger partial charge in [-0.15, -0.1) is 0 Å². The lowest BCUT2D eigenvalue weighted by Gasteiger charge is -2.26. The minimum absolute atomic E-state index is 0.0762. The molecular formula is C12H16Cl3N2O6-. The van der Waals surface area contributed by atoms with Gasteiger partial charge in [-0.25, -0.2) is 0 Å². The summed E-state index contributed by atoms with van der Waals surface area (Å²) in [5, 5.41) is 15.4. The van der Waals surface area contributed by atoms with Crippen LogP contribution in [0.25, 0.3) is 0 Å². The maximum atomic E-state index is 11.7. The summed E-state index contributed by atoms with van der Waals surface area (Å²) in [6.45, 7) is 3.31. The molecule has 0 saturated heterocycles. The molecule has 0 spiro atoms. The molecule has 132 valence electrons. The Kier molecular flexibility index (Phi) is 9.78. The maximum Gasteiger partial charge on any atom is 0.315 e. The number of hydrogen-bond acceptors (Lipinski definition) is 6. The number of ether oxygens (including phenoxy) is 2. The minimum atomic E-state index is -2.12. The Bertz CT molecular complexity index is 464. The van der Waals surface area contributed by atoms with Crippen LogP contribution >= 0.6 is 34.8 Å². The van der Waals surface area contributed by atoms with Crippen molar-refractivity contribution in [2.45, 2.75) is 30.2 Å². The van der Waals surface area contributed by atoms with E-state index in [2.05, 4.69) is 20.1 Å². The van der Waals surface area contributed by atoms with E-state index in [0.717, 1.165) is 0 Å². The van der Waals surface area contributed by atoms with Gasteiger partial charge in [-0.3, -0.25) is 14.4 Å². The van der Waals surface area contributed by atoms with E-state index in [1.165, 1.54) is 0 Å². The van der Waals surface area contributed by atoms with Crippen molar-refractivity contribution >= 4 is 52.6 Å². The molecule has 0 aromatic rings. The lowest BCUT2D eigenvalue weighted by Crippen LogP contribution is -2.55. The zero-order valence-corrected chi connectivity index (χ0v) is 14.6. The number of nitrogens with one attached hydrogen (secondary N) is 2. The van der Waals surface area contributed by atoms with E-state index in [4.69, 9.17) is 34.8 Å². The molecule has 0 aliphatic carbocycles. The van der Waals surface area contributed by atoms with Crippen LogP contribution < -0.4 is 15.7 Å². The van der Waals surface area contributed by atoms with E-state index in [1.54, 1.807) is 13.8 Å². The fourth-order valence-electron chi connectivity index (χ4n) is 1.23. The third kappa shape index (κ3) is 10.1. The van der Waals surface area contributed by atoms with Gasteiger partial charge in [0.25, 0.3) is 0 Å². The third-order valence-corrected chi connectivity index (χ3v) is 2.72. The van der Waals surface area contributed by atoms with E-state index in [-0.39, 0.29) is 13.2 Å². The van der Waals surface area contributed by atoms with Crippen molar-refractivity contribution < 1.29 is 29.0 Å². The van der Waals surface area contributed by atoms with Gasteiger partial charge in [-0.05, 0) is 13.5 Å². The molecule has 0 radical (unpaired) electrons. The van der Waals surface area contributed by atoms with Gasteiger partial charge in [0.05, 0.1) is 12.6 Å². The fraction of sp³-hybridized carbons (Fsp3) is 0.583. The second-order valence-electron chi connectivity index (χ2n) is 3.93. The standard InChI is InChI=1S/C12H17Cl3N2O6/c1-3-22-9(20)5-7(18)16-11(12(13,14)15)17-8(19)6-10(21)23-4-2/h5,11,20H,3-4,6H2,1-2H3,(H,16,18)(H,17,19)/p-1/b9-5+. The minimum Gasteiger partial charge on any atom is -0.613 e. The summed E-state index contributed by atoms with van der Waals surface area (Å²) >= 11 is 16.9. The molecule has 0 heterocycles. The summed E-state index contributed by atoms with van der Waals surface area (Å²) in [5.74, 6) is -3.46. The second kappa shape index (κ2) is 10.4. The molecule has 8 nitrogen and oxygen atoms in total. The van der Waals surface area contributed by atoms with Crippen LogP contribution in [0.15, 0.2) is 12.0 Å². The summed E-state index contributed by atoms with van der Waals surface area (Å²) < 4.78 is 7.00. The van der Waals surface area contributed by atoms with Crippen molar-refractivity contribution in [1.29, 1.82) is 0 Å². The second-order valence-corrected chi connectivity index (χ2v) is 6.30. The Labute approximate surface area is 148 Å². The van der Waals surface area contributed by atoms with Crippen LogP contribution in [0, 0.1) is 0 Å². The molecule has 0 saturated carbocycles. The quantitative estimate of drug-likeness (QED) is 0.152. The Morgan fingerprint density at radius 1 is 1.13 bits per heavy atom. The molecule has 0 bridgehead atoms. The summed E-state index contributed by atoms with van der Waals surface area (Å²) in [4.78, 5) is 34.4. The van der Waals surface area contributed by atoms with E-state index < -0.39 is 40.1 Å². The molecule has 11 heteroatoms. The predicted molar refractivity (Wildman–Crippen MR) is 81.3 cm³/mol. The van der Waals surface area contributed by atoms with Gasteiger partial charge in [0.1, 0.15) is 12.6 Å². The monoisotopic (exact) mass is 389 g/mol. The molecule has 0 aromatic carbocycles. The number of alkyl halides is 3. The van der Waals surface area contributed by atoms with Gasteiger partial charge >= 0.3 is 5.97 Å². The molecule has 2 N–H and O–H groups in total. The van der Waals surface area contributed by atoms with Gasteiger partial charge in [0, 0.05) is 6.08 Å². The SMILES string of the molecule is CCOC(=O)CC(=O)NC(NC(=O)/C=C(\[O-])OCC)C(Cl)(Cl)Cl. The normalized spacial score (nSPS) is 13.0. The summed E-state index contributed by atoms with van der Waals surface area (Å²) in [5.41, 5.74) is 0. The highest BCUT2D eigenvalue weighted by atomic mass is 35.6. The first-order valence-electron chi connectivity index (χ1n) is 6.43. The van der Waals surface area contributed by atoms with E-state index >= 15 is 0 Å². The first-order chi connectivity index (χ1) is 10.6. The molecule has 2 amide bonds. The zero-order chi connectivity index (χ0) is 18.0. The van der Waals surface area contributed by atoms with E-state index in [1.807, 2.05) is 0 Å². The van der Waals surface area contributed by atoms with Crippen LogP contribution in [0.2, 0.25) is 0 Å². The van der Waals surface area contributed by atoms with Gasteiger partial charge < -0.3 is 25.2 Å². The summed E-state index contributed by atoms with van der Waals surface area (Å²) in [6, 6.07) is 0. The van der Waals surface area contributed by atoms with Crippen molar-refractivity contribution in [2.75, 3.05) is 13.2 Å². The van der Waals surface area contributed by atoms with Gasteiger partial charge in [-0.1, -0.05) is 41.7 Å². The Morgan fingerprint density at radius 3 is 2.17 bits per heavy atom. The largest absolute Gasteiger partial charge is 0.613 e. The van der Waals surface area contributed by atoms with Gasteiger partial charge in [0.2, 0.25) is 15.6 Å². The molecule has 0 aliphatic rings. The number of hydrogen-bond donors (Lipinski definition) is 2. The topological polar surface area (TPSA) is 117 Å². The Morgan fingerprint density at radius 2 is 1.70 bits per heavy atom. The molecule has 0 fully saturated rings. The number of carbonyl (C=O) groups is 3. The maximum absolute atomic E-state index is 11.7. The van der Waals surface area contributed by atoms with Gasteiger partial charge in [0.15, 0.2) is 0 Å². The van der Waals surface area contributed by atoms with Crippen LogP contribution in [0.5, 0.6) is 0 Å². The molecule has 23 heavy (non-hydrogen) atoms. The number of esters is 1. The highest BCUT2D eigenvalue weighted by molar-refractivity contribution is 6.68. The Hall–Kier alpha value is -1.38. The van der Waals surface area contributed by atoms with Crippen molar-refractivity contribution in [3.63, 3.8) is 0 Å². The first-order valence-corrected chi connectivity index (χ1v) is 7.57. The first kappa shape index (κ1) is 21.6. The zero-order valence-electron chi connectivity index (χ0n) is 12.4. The predicted octanol–water partition coefficient (Wildman–Crippen LogP) is 0.106. The molecule has 1 unspecified atom stereocenters. The van der Waals surface area contributed by atoms with E-state index in [0.29, 0.717) is 6.08 Å². The average Bonchev–Trinajstić information content (AvgIpc) is 2.36. The molecule has 0 aliphatic heterocycles. The lowest BCUT2D eigenvalue weighted by atomic mass is 10.3. The number of rotatable bonds is 8. The number of carbonyl (C=O) groups excluding carboxylic acids is 3. The van der Waals surface area contributed by atoms with Crippen molar-refractivity contribution in [3.8, 4) is 0 Å². The van der Waals surface area contributed by atoms with Crippen LogP contribution in [-0.2, 0) is 23.9 Å². The van der Waals surface area contributed by atoms with Crippen LogP contribution in [0.1, 0.15) is 20.3 Å². The van der Waals surface area contributed by atoms with Crippen LogP contribution in [-0.4, -0.2) is 41.0 Å².